The summed E-state index contributed by atoms with van der Waals surface area (Å²) in [4.78, 5) is 46.5. The molecule has 2 aromatic carbocycles. The minimum absolute atomic E-state index is 0.105. The monoisotopic (exact) mass is 546 g/mol. The normalized spacial score (nSPS) is 11.4. The molecule has 1 amide bonds. The molecule has 2 N–H and O–H groups in total. The Morgan fingerprint density at radius 3 is 2.18 bits per heavy atom. The first-order valence-electron chi connectivity index (χ1n) is 12.4. The van der Waals surface area contributed by atoms with Crippen LogP contribution in [0.3, 0.4) is 0 Å². The van der Waals surface area contributed by atoms with E-state index in [1.165, 1.54) is 10.9 Å². The Kier molecular flexibility index (Phi) is 8.47. The zero-order chi connectivity index (χ0) is 28.0. The van der Waals surface area contributed by atoms with Crippen LogP contribution in [0.4, 0.5) is 5.69 Å². The van der Waals surface area contributed by atoms with Gasteiger partial charge in [-0.2, -0.15) is 0 Å². The van der Waals surface area contributed by atoms with Gasteiger partial charge in [0.05, 0.1) is 6.20 Å². The minimum Gasteiger partial charge on any atom is -0.480 e. The fraction of sp³-hybridized carbons (Fsp3) is 0.259. The van der Waals surface area contributed by atoms with Gasteiger partial charge in [-0.05, 0) is 6.04 Å². The predicted octanol–water partition coefficient (Wildman–Crippen LogP) is 3.82. The number of hydrogen-bond acceptors (Lipinski definition) is 7. The molecule has 0 aliphatic rings. The molecule has 2 aromatic heterocycles. The number of rotatable bonds is 11. The van der Waals surface area contributed by atoms with Crippen molar-refractivity contribution in [2.24, 2.45) is 0 Å². The Hall–Kier alpha value is -4.42. The van der Waals surface area contributed by atoms with Gasteiger partial charge in [-0.25, -0.2) is 14.6 Å². The third-order valence-electron chi connectivity index (χ3n) is 5.74. The lowest BCUT2D eigenvalue weighted by Gasteiger charge is -2.15. The number of hydrogen-bond donors (Lipinski definition) is 2. The van der Waals surface area contributed by atoms with Crippen LogP contribution in [0.25, 0.3) is 22.8 Å². The first kappa shape index (κ1) is 27.6. The van der Waals surface area contributed by atoms with Gasteiger partial charge in [-0.3, -0.25) is 19.0 Å². The number of anilines is 1. The molecule has 0 radical (unpaired) electrons. The number of carbonyl (C=O) groups excluding carboxylic acids is 1. The predicted molar refractivity (Wildman–Crippen MR) is 149 cm³/mol. The third-order valence-corrected chi connectivity index (χ3v) is 7.44. The summed E-state index contributed by atoms with van der Waals surface area (Å²) in [5.74, 6) is -1.51. The summed E-state index contributed by atoms with van der Waals surface area (Å²) in [6.07, 6.45) is 1.20. The van der Waals surface area contributed by atoms with E-state index in [-0.39, 0.29) is 24.1 Å². The second kappa shape index (κ2) is 12.0. The van der Waals surface area contributed by atoms with Gasteiger partial charge in [0.2, 0.25) is 5.82 Å². The molecule has 12 heteroatoms. The van der Waals surface area contributed by atoms with Crippen LogP contribution in [0.5, 0.6) is 0 Å². The number of carboxylic acids is 1. The molecule has 0 unspecified atom stereocenters. The molecule has 39 heavy (non-hydrogen) atoms. The zero-order valence-electron chi connectivity index (χ0n) is 22.0. The average molecular weight is 547 g/mol. The number of ether oxygens (including phenoxy) is 1. The molecule has 11 nitrogen and oxygen atoms in total. The van der Waals surface area contributed by atoms with Crippen LogP contribution < -0.4 is 10.9 Å². The number of carboxylic acid groups (broad SMARTS) is 1. The summed E-state index contributed by atoms with van der Waals surface area (Å²) in [5.41, 5.74) is 0.410. The Bertz CT molecular complexity index is 1510. The van der Waals surface area contributed by atoms with Crippen molar-refractivity contribution in [3.05, 3.63) is 83.0 Å². The van der Waals surface area contributed by atoms with E-state index in [1.54, 1.807) is 30.3 Å². The van der Waals surface area contributed by atoms with Crippen molar-refractivity contribution in [3.63, 3.8) is 0 Å². The maximum atomic E-state index is 13.2. The zero-order valence-corrected chi connectivity index (χ0v) is 23.0. The SMILES string of the molecule is C[Si](C)(C)CCOCn1nc(C(=O)Nc2cnc(-c3ccccc3)n(CC(=O)O)c2=O)nc1-c1ccccc1. The van der Waals surface area contributed by atoms with E-state index in [4.69, 9.17) is 4.74 Å². The summed E-state index contributed by atoms with van der Waals surface area (Å²) in [6.45, 7) is 6.82. The van der Waals surface area contributed by atoms with Gasteiger partial charge in [0.15, 0.2) is 5.82 Å². The molecule has 0 bridgehead atoms. The second-order valence-electron chi connectivity index (χ2n) is 10.1. The molecular weight excluding hydrogens is 516 g/mol. The quantitative estimate of drug-likeness (QED) is 0.214. The summed E-state index contributed by atoms with van der Waals surface area (Å²) in [7, 11) is -1.28. The van der Waals surface area contributed by atoms with Crippen molar-refractivity contribution in [1.29, 1.82) is 0 Å². The molecule has 0 fully saturated rings. The molecule has 0 spiro atoms. The first-order valence-corrected chi connectivity index (χ1v) is 16.1. The maximum Gasteiger partial charge on any atom is 0.323 e. The number of carbonyl (C=O) groups is 2. The van der Waals surface area contributed by atoms with Crippen molar-refractivity contribution in [2.75, 3.05) is 11.9 Å². The topological polar surface area (TPSA) is 141 Å². The van der Waals surface area contributed by atoms with Crippen LogP contribution in [0.2, 0.25) is 25.7 Å². The molecule has 0 saturated heterocycles. The first-order chi connectivity index (χ1) is 18.6. The minimum atomic E-state index is -1.28. The maximum absolute atomic E-state index is 13.2. The summed E-state index contributed by atoms with van der Waals surface area (Å²) >= 11 is 0. The molecule has 4 rings (SSSR count). The molecule has 0 saturated carbocycles. The van der Waals surface area contributed by atoms with Crippen LogP contribution in [0.15, 0.2) is 71.7 Å². The van der Waals surface area contributed by atoms with E-state index >= 15 is 0 Å². The highest BCUT2D eigenvalue weighted by atomic mass is 28.3. The van der Waals surface area contributed by atoms with Gasteiger partial charge >= 0.3 is 5.97 Å². The molecule has 4 aromatic rings. The molecule has 2 heterocycles. The number of aromatic nitrogens is 5. The highest BCUT2D eigenvalue weighted by Gasteiger charge is 2.21. The highest BCUT2D eigenvalue weighted by molar-refractivity contribution is 6.76. The summed E-state index contributed by atoms with van der Waals surface area (Å²) in [6, 6.07) is 19.0. The lowest BCUT2D eigenvalue weighted by atomic mass is 10.2. The van der Waals surface area contributed by atoms with Crippen LogP contribution in [0.1, 0.15) is 10.6 Å². The average Bonchev–Trinajstić information content (AvgIpc) is 3.34. The van der Waals surface area contributed by atoms with Crippen molar-refractivity contribution in [2.45, 2.75) is 39.0 Å². The molecule has 202 valence electrons. The van der Waals surface area contributed by atoms with Crippen molar-refractivity contribution < 1.29 is 19.4 Å². The highest BCUT2D eigenvalue weighted by Crippen LogP contribution is 2.19. The number of aliphatic carboxylic acids is 1. The Balaban J connectivity index is 1.62. The van der Waals surface area contributed by atoms with Gasteiger partial charge in [0.25, 0.3) is 11.5 Å². The van der Waals surface area contributed by atoms with E-state index in [0.717, 1.165) is 16.2 Å². The number of nitrogens with zero attached hydrogens (tertiary/aromatic N) is 5. The van der Waals surface area contributed by atoms with Gasteiger partial charge < -0.3 is 15.2 Å². The summed E-state index contributed by atoms with van der Waals surface area (Å²) < 4.78 is 8.35. The Morgan fingerprint density at radius 1 is 0.974 bits per heavy atom. The van der Waals surface area contributed by atoms with Crippen molar-refractivity contribution in [3.8, 4) is 22.8 Å². The van der Waals surface area contributed by atoms with Gasteiger partial charge in [0, 0.05) is 25.8 Å². The van der Waals surface area contributed by atoms with E-state index in [9.17, 15) is 19.5 Å². The van der Waals surface area contributed by atoms with Crippen LogP contribution in [-0.2, 0) is 22.8 Å². The number of amides is 1. The second-order valence-corrected chi connectivity index (χ2v) is 15.7. The molecule has 0 aliphatic carbocycles. The van der Waals surface area contributed by atoms with Crippen LogP contribution in [-0.4, -0.2) is 56.0 Å². The molecule has 0 atom stereocenters. The van der Waals surface area contributed by atoms with Gasteiger partial charge in [0.1, 0.15) is 24.8 Å². The standard InChI is InChI=1S/C27H30N6O5Si/c1-39(2,3)15-14-38-18-33-25(20-12-8-5-9-13-20)30-23(31-33)26(36)29-21-16-28-24(19-10-6-4-7-11-19)32(27(21)37)17-22(34)35/h4-13,16H,14-15,17-18H2,1-3H3,(H,29,36)(H,34,35). The fourth-order valence-electron chi connectivity index (χ4n) is 3.71. The van der Waals surface area contributed by atoms with Gasteiger partial charge in [-0.15, -0.1) is 5.10 Å². The van der Waals surface area contributed by atoms with Crippen molar-refractivity contribution in [1.82, 2.24) is 24.3 Å². The van der Waals surface area contributed by atoms with Crippen LogP contribution in [0, 0.1) is 0 Å². The Labute approximate surface area is 226 Å². The van der Waals surface area contributed by atoms with E-state index in [0.29, 0.717) is 18.0 Å². The van der Waals surface area contributed by atoms with Crippen molar-refractivity contribution >= 4 is 25.6 Å². The third kappa shape index (κ3) is 7.12. The molecular formula is C27H30N6O5Si. The van der Waals surface area contributed by atoms with E-state index in [1.807, 2.05) is 30.3 Å². The summed E-state index contributed by atoms with van der Waals surface area (Å²) in [5, 5.41) is 16.2. The van der Waals surface area contributed by atoms with E-state index < -0.39 is 32.1 Å². The number of benzene rings is 2. The lowest BCUT2D eigenvalue weighted by molar-refractivity contribution is -0.137. The van der Waals surface area contributed by atoms with Gasteiger partial charge in [-0.1, -0.05) is 80.3 Å². The fourth-order valence-corrected chi connectivity index (χ4v) is 4.47. The lowest BCUT2D eigenvalue weighted by Crippen LogP contribution is -2.30. The smallest absolute Gasteiger partial charge is 0.323 e. The largest absolute Gasteiger partial charge is 0.480 e. The molecule has 0 aliphatic heterocycles. The number of nitrogens with one attached hydrogen (secondary N) is 1. The Morgan fingerprint density at radius 2 is 1.59 bits per heavy atom. The van der Waals surface area contributed by atoms with E-state index in [2.05, 4.69) is 40.0 Å². The van der Waals surface area contributed by atoms with Crippen LogP contribution >= 0.6 is 0 Å².